The Labute approximate surface area is 132 Å². The molecule has 1 heterocycles. The van der Waals surface area contributed by atoms with E-state index in [0.29, 0.717) is 13.0 Å². The average Bonchev–Trinajstić information content (AvgIpc) is 3.00. The minimum atomic E-state index is -1.63. The number of ether oxygens (including phenoxy) is 1. The van der Waals surface area contributed by atoms with E-state index in [-0.39, 0.29) is 17.8 Å². The maximum atomic E-state index is 13.7. The molecule has 0 fully saturated rings. The summed E-state index contributed by atoms with van der Waals surface area (Å²) >= 11 is 0. The van der Waals surface area contributed by atoms with Crippen molar-refractivity contribution in [2.75, 3.05) is 7.11 Å². The number of carboxylic acids is 1. The summed E-state index contributed by atoms with van der Waals surface area (Å²) in [4.78, 5) is 12.1. The van der Waals surface area contributed by atoms with Gasteiger partial charge in [-0.2, -0.15) is 9.19 Å². The number of halogens is 1. The molecule has 0 aliphatic rings. The molecule has 0 aliphatic heterocycles. The standard InChI is InChI=1S/C15H17FN4O3/c1-3-4-12(13(16)15(21)22)14-17-19-20(18-14)9-10-5-7-11(23-2)8-6-10/h5-8H,3-4,9H2,1-2H3,(H,21,22)/b13-12+. The summed E-state index contributed by atoms with van der Waals surface area (Å²) in [6.45, 7) is 2.15. The molecule has 1 aromatic carbocycles. The Hall–Kier alpha value is -2.77. The van der Waals surface area contributed by atoms with E-state index in [1.165, 1.54) is 4.80 Å². The van der Waals surface area contributed by atoms with Gasteiger partial charge in [-0.05, 0) is 29.3 Å². The molecule has 2 rings (SSSR count). The number of nitrogens with zero attached hydrogens (tertiary/aromatic N) is 4. The van der Waals surface area contributed by atoms with Crippen molar-refractivity contribution in [1.82, 2.24) is 20.2 Å². The highest BCUT2D eigenvalue weighted by atomic mass is 19.1. The van der Waals surface area contributed by atoms with Gasteiger partial charge in [0, 0.05) is 5.57 Å². The summed E-state index contributed by atoms with van der Waals surface area (Å²) in [5, 5.41) is 20.5. The second kappa shape index (κ2) is 7.48. The van der Waals surface area contributed by atoms with Crippen LogP contribution in [0.4, 0.5) is 4.39 Å². The fourth-order valence-corrected chi connectivity index (χ4v) is 2.02. The number of tetrazole rings is 1. The van der Waals surface area contributed by atoms with E-state index in [1.54, 1.807) is 19.2 Å². The smallest absolute Gasteiger partial charge is 0.365 e. The van der Waals surface area contributed by atoms with Gasteiger partial charge in [0.25, 0.3) is 0 Å². The third-order valence-corrected chi connectivity index (χ3v) is 3.16. The lowest BCUT2D eigenvalue weighted by Gasteiger charge is -2.03. The van der Waals surface area contributed by atoms with Gasteiger partial charge in [-0.1, -0.05) is 25.5 Å². The van der Waals surface area contributed by atoms with E-state index in [2.05, 4.69) is 15.4 Å². The van der Waals surface area contributed by atoms with Gasteiger partial charge in [0.15, 0.2) is 0 Å². The van der Waals surface area contributed by atoms with Crippen molar-refractivity contribution < 1.29 is 19.0 Å². The summed E-state index contributed by atoms with van der Waals surface area (Å²) in [5.41, 5.74) is 0.871. The highest BCUT2D eigenvalue weighted by Crippen LogP contribution is 2.21. The monoisotopic (exact) mass is 320 g/mol. The lowest BCUT2D eigenvalue weighted by atomic mass is 10.1. The van der Waals surface area contributed by atoms with Gasteiger partial charge in [-0.3, -0.25) is 0 Å². The predicted molar refractivity (Wildman–Crippen MR) is 80.5 cm³/mol. The molecule has 0 spiro atoms. The number of aromatic nitrogens is 4. The molecule has 0 atom stereocenters. The highest BCUT2D eigenvalue weighted by molar-refractivity contribution is 5.92. The van der Waals surface area contributed by atoms with Gasteiger partial charge in [-0.25, -0.2) is 4.79 Å². The van der Waals surface area contributed by atoms with Crippen LogP contribution in [0.2, 0.25) is 0 Å². The van der Waals surface area contributed by atoms with Crippen LogP contribution in [0.1, 0.15) is 31.2 Å². The highest BCUT2D eigenvalue weighted by Gasteiger charge is 2.19. The van der Waals surface area contributed by atoms with Crippen molar-refractivity contribution >= 4 is 11.5 Å². The summed E-state index contributed by atoms with van der Waals surface area (Å²) in [7, 11) is 1.58. The number of carboxylic acid groups (broad SMARTS) is 1. The molecule has 8 heteroatoms. The summed E-state index contributed by atoms with van der Waals surface area (Å²) in [6, 6.07) is 7.31. The lowest BCUT2D eigenvalue weighted by Crippen LogP contribution is -2.05. The summed E-state index contributed by atoms with van der Waals surface area (Å²) < 4.78 is 18.8. The molecule has 1 aromatic heterocycles. The quantitative estimate of drug-likeness (QED) is 0.787. The van der Waals surface area contributed by atoms with Crippen molar-refractivity contribution in [3.05, 3.63) is 41.5 Å². The van der Waals surface area contributed by atoms with Crippen molar-refractivity contribution in [3.63, 3.8) is 0 Å². The largest absolute Gasteiger partial charge is 0.497 e. The van der Waals surface area contributed by atoms with Crippen LogP contribution in [-0.4, -0.2) is 38.4 Å². The Balaban J connectivity index is 2.21. The molecule has 7 nitrogen and oxygen atoms in total. The Bertz CT molecular complexity index is 710. The first-order chi connectivity index (χ1) is 11.0. The van der Waals surface area contributed by atoms with E-state index in [9.17, 15) is 9.18 Å². The van der Waals surface area contributed by atoms with Gasteiger partial charge >= 0.3 is 5.97 Å². The SMILES string of the molecule is CCC/C(=C(\F)C(=O)O)c1nnn(Cc2ccc(OC)cc2)n1. The number of hydrogen-bond acceptors (Lipinski definition) is 5. The van der Waals surface area contributed by atoms with Crippen molar-refractivity contribution in [3.8, 4) is 5.75 Å². The number of allylic oxidation sites excluding steroid dienone is 1. The van der Waals surface area contributed by atoms with E-state index in [4.69, 9.17) is 9.84 Å². The van der Waals surface area contributed by atoms with Gasteiger partial charge in [-0.15, -0.1) is 10.2 Å². The molecule has 0 unspecified atom stereocenters. The molecule has 0 saturated carbocycles. The number of aliphatic carboxylic acids is 1. The zero-order chi connectivity index (χ0) is 16.8. The summed E-state index contributed by atoms with van der Waals surface area (Å²) in [6.07, 6.45) is 0.801. The molecule has 0 bridgehead atoms. The van der Waals surface area contributed by atoms with Crippen LogP contribution in [0.5, 0.6) is 5.75 Å². The topological polar surface area (TPSA) is 90.1 Å². The van der Waals surface area contributed by atoms with E-state index in [1.807, 2.05) is 19.1 Å². The second-order valence-corrected chi connectivity index (χ2v) is 4.84. The molecule has 0 amide bonds. The first-order valence-corrected chi connectivity index (χ1v) is 7.08. The zero-order valence-electron chi connectivity index (χ0n) is 12.9. The molecular formula is C15H17FN4O3. The van der Waals surface area contributed by atoms with Crippen LogP contribution in [0, 0.1) is 0 Å². The maximum Gasteiger partial charge on any atom is 0.365 e. The number of rotatable bonds is 7. The van der Waals surface area contributed by atoms with Crippen molar-refractivity contribution in [2.24, 2.45) is 0 Å². The molecule has 2 aromatic rings. The van der Waals surface area contributed by atoms with Gasteiger partial charge in [0.05, 0.1) is 13.7 Å². The van der Waals surface area contributed by atoms with E-state index >= 15 is 0 Å². The van der Waals surface area contributed by atoms with Crippen LogP contribution < -0.4 is 4.74 Å². The Morgan fingerprint density at radius 3 is 2.61 bits per heavy atom. The van der Waals surface area contributed by atoms with Crippen LogP contribution in [0.15, 0.2) is 30.1 Å². The third-order valence-electron chi connectivity index (χ3n) is 3.16. The first-order valence-electron chi connectivity index (χ1n) is 7.08. The third kappa shape index (κ3) is 4.12. The fraction of sp³-hybridized carbons (Fsp3) is 0.333. The number of benzene rings is 1. The van der Waals surface area contributed by atoms with Gasteiger partial charge in [0.2, 0.25) is 11.7 Å². The van der Waals surface area contributed by atoms with E-state index in [0.717, 1.165) is 11.3 Å². The van der Waals surface area contributed by atoms with E-state index < -0.39 is 11.8 Å². The van der Waals surface area contributed by atoms with Crippen LogP contribution in [-0.2, 0) is 11.3 Å². The Morgan fingerprint density at radius 2 is 2.04 bits per heavy atom. The molecule has 122 valence electrons. The number of carbonyl (C=O) groups is 1. The molecule has 0 radical (unpaired) electrons. The fourth-order valence-electron chi connectivity index (χ4n) is 2.02. The van der Waals surface area contributed by atoms with Crippen LogP contribution in [0.25, 0.3) is 5.57 Å². The zero-order valence-corrected chi connectivity index (χ0v) is 12.9. The van der Waals surface area contributed by atoms with Gasteiger partial charge in [0.1, 0.15) is 5.75 Å². The molecule has 1 N–H and O–H groups in total. The van der Waals surface area contributed by atoms with Crippen LogP contribution in [0.3, 0.4) is 0 Å². The lowest BCUT2D eigenvalue weighted by molar-refractivity contribution is -0.134. The predicted octanol–water partition coefficient (Wildman–Crippen LogP) is 2.30. The number of hydrogen-bond donors (Lipinski definition) is 1. The molecule has 23 heavy (non-hydrogen) atoms. The Kier molecular flexibility index (Phi) is 5.40. The minimum absolute atomic E-state index is 0.000242. The second-order valence-electron chi connectivity index (χ2n) is 4.84. The molecule has 0 saturated heterocycles. The molecule has 0 aliphatic carbocycles. The normalized spacial score (nSPS) is 12.0. The van der Waals surface area contributed by atoms with Crippen molar-refractivity contribution in [1.29, 1.82) is 0 Å². The van der Waals surface area contributed by atoms with Crippen LogP contribution >= 0.6 is 0 Å². The number of methoxy groups -OCH3 is 1. The molecular weight excluding hydrogens is 303 g/mol. The van der Waals surface area contributed by atoms with Gasteiger partial charge < -0.3 is 9.84 Å². The maximum absolute atomic E-state index is 13.7. The average molecular weight is 320 g/mol. The first kappa shape index (κ1) is 16.6. The van der Waals surface area contributed by atoms with Crippen molar-refractivity contribution in [2.45, 2.75) is 26.3 Å². The minimum Gasteiger partial charge on any atom is -0.497 e. The Morgan fingerprint density at radius 1 is 1.35 bits per heavy atom. The summed E-state index contributed by atoms with van der Waals surface area (Å²) in [5.74, 6) is -2.13.